The van der Waals surface area contributed by atoms with E-state index in [2.05, 4.69) is 6.92 Å². The van der Waals surface area contributed by atoms with Gasteiger partial charge in [0, 0.05) is 6.42 Å². The molecule has 0 unspecified atom stereocenters. The summed E-state index contributed by atoms with van der Waals surface area (Å²) in [6.45, 7) is 2.16. The summed E-state index contributed by atoms with van der Waals surface area (Å²) in [6.07, 6.45) is 7.33. The lowest BCUT2D eigenvalue weighted by Crippen LogP contribution is -2.07. The number of thioether (sulfide) groups is 1. The third-order valence-electron chi connectivity index (χ3n) is 2.60. The maximum absolute atomic E-state index is 11.5. The van der Waals surface area contributed by atoms with Gasteiger partial charge in [0.25, 0.3) is 0 Å². The third-order valence-corrected chi connectivity index (χ3v) is 3.83. The van der Waals surface area contributed by atoms with Gasteiger partial charge in [-0.15, -0.1) is 0 Å². The van der Waals surface area contributed by atoms with E-state index in [1.165, 1.54) is 32.1 Å². The molecular weight excluding hydrogens is 180 g/mol. The molecule has 0 bridgehead atoms. The van der Waals surface area contributed by atoms with Gasteiger partial charge < -0.3 is 0 Å². The van der Waals surface area contributed by atoms with Gasteiger partial charge in [-0.2, -0.15) is 11.8 Å². The van der Waals surface area contributed by atoms with Gasteiger partial charge in [-0.05, 0) is 18.1 Å². The van der Waals surface area contributed by atoms with Crippen molar-refractivity contribution >= 4 is 17.5 Å². The number of carbonyl (C=O) groups excluding carboxylic acids is 1. The Kier molecular flexibility index (Phi) is 5.52. The number of rotatable bonds is 6. The molecule has 1 fully saturated rings. The quantitative estimate of drug-likeness (QED) is 0.612. The predicted molar refractivity (Wildman–Crippen MR) is 59.2 cm³/mol. The van der Waals surface area contributed by atoms with Gasteiger partial charge in [-0.1, -0.05) is 32.6 Å². The Hall–Kier alpha value is 0.0200. The Morgan fingerprint density at radius 3 is 2.69 bits per heavy atom. The molecule has 2 heteroatoms. The average Bonchev–Trinajstić information content (AvgIpc) is 2.57. The lowest BCUT2D eigenvalue weighted by Gasteiger charge is -2.06. The molecule has 76 valence electrons. The first-order valence-electron chi connectivity index (χ1n) is 5.42. The molecule has 1 saturated carbocycles. The van der Waals surface area contributed by atoms with Gasteiger partial charge in [0.1, 0.15) is 5.78 Å². The molecule has 0 heterocycles. The molecule has 0 radical (unpaired) electrons. The maximum atomic E-state index is 11.5. The summed E-state index contributed by atoms with van der Waals surface area (Å²) in [5, 5.41) is 0. The Morgan fingerprint density at radius 2 is 2.08 bits per heavy atom. The summed E-state index contributed by atoms with van der Waals surface area (Å²) in [4.78, 5) is 11.5. The van der Waals surface area contributed by atoms with E-state index < -0.39 is 0 Å². The zero-order valence-electron chi connectivity index (χ0n) is 8.55. The summed E-state index contributed by atoms with van der Waals surface area (Å²) in [5.74, 6) is 3.10. The van der Waals surface area contributed by atoms with Crippen LogP contribution in [0.25, 0.3) is 0 Å². The third kappa shape index (κ3) is 4.70. The number of hydrogen-bond donors (Lipinski definition) is 0. The van der Waals surface area contributed by atoms with Crippen LogP contribution < -0.4 is 0 Å². The fourth-order valence-electron chi connectivity index (χ4n) is 1.93. The largest absolute Gasteiger partial charge is 0.299 e. The molecule has 0 N–H and O–H groups in total. The van der Waals surface area contributed by atoms with Crippen molar-refractivity contribution in [3.05, 3.63) is 0 Å². The molecule has 0 aromatic carbocycles. The van der Waals surface area contributed by atoms with E-state index >= 15 is 0 Å². The van der Waals surface area contributed by atoms with Gasteiger partial charge in [-0.25, -0.2) is 0 Å². The van der Waals surface area contributed by atoms with Crippen molar-refractivity contribution in [3.8, 4) is 0 Å². The molecule has 1 aliphatic rings. The number of Topliss-reactive ketones (excluding diaryl/α,β-unsaturated/α-hetero) is 1. The van der Waals surface area contributed by atoms with E-state index in [-0.39, 0.29) is 0 Å². The molecule has 1 rings (SSSR count). The first-order chi connectivity index (χ1) is 6.33. The molecular formula is C11H20OS. The standard InChI is InChI=1S/C11H20OS/c1-2-7-13-9-11(12)8-10-5-3-4-6-10/h10H,2-9H2,1H3. The van der Waals surface area contributed by atoms with Gasteiger partial charge in [-0.3, -0.25) is 4.79 Å². The zero-order valence-corrected chi connectivity index (χ0v) is 9.37. The Balaban J connectivity index is 2.02. The van der Waals surface area contributed by atoms with Crippen LogP contribution in [-0.4, -0.2) is 17.3 Å². The first kappa shape index (κ1) is 11.1. The molecule has 1 aliphatic carbocycles. The summed E-state index contributed by atoms with van der Waals surface area (Å²) in [6, 6.07) is 0. The highest BCUT2D eigenvalue weighted by atomic mass is 32.2. The van der Waals surface area contributed by atoms with Gasteiger partial charge >= 0.3 is 0 Å². The monoisotopic (exact) mass is 200 g/mol. The molecule has 0 saturated heterocycles. The van der Waals surface area contributed by atoms with Crippen LogP contribution in [-0.2, 0) is 4.79 Å². The van der Waals surface area contributed by atoms with Gasteiger partial charge in [0.2, 0.25) is 0 Å². The van der Waals surface area contributed by atoms with Crippen LogP contribution in [0.3, 0.4) is 0 Å². The second-order valence-electron chi connectivity index (χ2n) is 3.95. The summed E-state index contributed by atoms with van der Waals surface area (Å²) < 4.78 is 0. The second-order valence-corrected chi connectivity index (χ2v) is 5.05. The lowest BCUT2D eigenvalue weighted by molar-refractivity contribution is -0.117. The Morgan fingerprint density at radius 1 is 1.38 bits per heavy atom. The van der Waals surface area contributed by atoms with E-state index in [4.69, 9.17) is 0 Å². The molecule has 13 heavy (non-hydrogen) atoms. The summed E-state index contributed by atoms with van der Waals surface area (Å²) in [5.41, 5.74) is 0. The normalized spacial score (nSPS) is 17.9. The first-order valence-corrected chi connectivity index (χ1v) is 6.58. The molecule has 0 aromatic heterocycles. The number of hydrogen-bond acceptors (Lipinski definition) is 2. The second kappa shape index (κ2) is 6.47. The van der Waals surface area contributed by atoms with Crippen molar-refractivity contribution in [2.24, 2.45) is 5.92 Å². The summed E-state index contributed by atoms with van der Waals surface area (Å²) >= 11 is 1.80. The average molecular weight is 200 g/mol. The van der Waals surface area contributed by atoms with E-state index in [1.54, 1.807) is 11.8 Å². The highest BCUT2D eigenvalue weighted by Gasteiger charge is 2.17. The Labute approximate surface area is 85.7 Å². The topological polar surface area (TPSA) is 17.1 Å². The summed E-state index contributed by atoms with van der Waals surface area (Å²) in [7, 11) is 0. The lowest BCUT2D eigenvalue weighted by atomic mass is 10.0. The van der Waals surface area contributed by atoms with E-state index in [1.807, 2.05) is 0 Å². The van der Waals surface area contributed by atoms with Gasteiger partial charge in [0.05, 0.1) is 5.75 Å². The van der Waals surface area contributed by atoms with Crippen LogP contribution in [0.4, 0.5) is 0 Å². The predicted octanol–water partition coefficient (Wildman–Crippen LogP) is 3.28. The van der Waals surface area contributed by atoms with E-state index in [0.29, 0.717) is 5.78 Å². The van der Waals surface area contributed by atoms with Gasteiger partial charge in [0.15, 0.2) is 0 Å². The van der Waals surface area contributed by atoms with Crippen LogP contribution in [0.5, 0.6) is 0 Å². The molecule has 0 aliphatic heterocycles. The van der Waals surface area contributed by atoms with Crippen molar-refractivity contribution in [2.45, 2.75) is 45.4 Å². The zero-order chi connectivity index (χ0) is 9.52. The van der Waals surface area contributed by atoms with Crippen molar-refractivity contribution in [3.63, 3.8) is 0 Å². The highest BCUT2D eigenvalue weighted by molar-refractivity contribution is 7.99. The highest BCUT2D eigenvalue weighted by Crippen LogP contribution is 2.27. The molecule has 0 aromatic rings. The molecule has 0 amide bonds. The van der Waals surface area contributed by atoms with Crippen molar-refractivity contribution in [1.82, 2.24) is 0 Å². The minimum absolute atomic E-state index is 0.477. The minimum Gasteiger partial charge on any atom is -0.299 e. The van der Waals surface area contributed by atoms with Crippen molar-refractivity contribution in [2.75, 3.05) is 11.5 Å². The fraction of sp³-hybridized carbons (Fsp3) is 0.909. The number of carbonyl (C=O) groups is 1. The Bertz CT molecular complexity index is 150. The van der Waals surface area contributed by atoms with Crippen molar-refractivity contribution < 1.29 is 4.79 Å². The molecule has 1 nitrogen and oxygen atoms in total. The van der Waals surface area contributed by atoms with E-state index in [0.717, 1.165) is 23.8 Å². The van der Waals surface area contributed by atoms with Crippen LogP contribution >= 0.6 is 11.8 Å². The van der Waals surface area contributed by atoms with Crippen LogP contribution in [0, 0.1) is 5.92 Å². The SMILES string of the molecule is CCCSCC(=O)CC1CCCC1. The smallest absolute Gasteiger partial charge is 0.143 e. The van der Waals surface area contributed by atoms with Crippen LogP contribution in [0.15, 0.2) is 0 Å². The van der Waals surface area contributed by atoms with Crippen molar-refractivity contribution in [1.29, 1.82) is 0 Å². The maximum Gasteiger partial charge on any atom is 0.143 e. The minimum atomic E-state index is 0.477. The van der Waals surface area contributed by atoms with Crippen LogP contribution in [0.2, 0.25) is 0 Å². The van der Waals surface area contributed by atoms with E-state index in [9.17, 15) is 4.79 Å². The molecule has 0 spiro atoms. The molecule has 0 atom stereocenters. The number of ketones is 1. The fourth-order valence-corrected chi connectivity index (χ4v) is 2.70. The van der Waals surface area contributed by atoms with Crippen LogP contribution in [0.1, 0.15) is 45.4 Å².